The Kier molecular flexibility index (Phi) is 3.90. The van der Waals surface area contributed by atoms with Crippen molar-refractivity contribution in [1.29, 1.82) is 0 Å². The molecule has 0 aliphatic heterocycles. The van der Waals surface area contributed by atoms with Gasteiger partial charge in [0.05, 0.1) is 0 Å². The number of rotatable bonds is 5. The maximum Gasteiger partial charge on any atom is 0.281 e. The fourth-order valence-corrected chi connectivity index (χ4v) is 1.13. The molecule has 0 atom stereocenters. The molecule has 0 unspecified atom stereocenters. The monoisotopic (exact) mass is 206 g/mol. The van der Waals surface area contributed by atoms with E-state index in [-0.39, 0.29) is 31.1 Å². The lowest BCUT2D eigenvalue weighted by Gasteiger charge is -2.04. The summed E-state index contributed by atoms with van der Waals surface area (Å²) in [4.78, 5) is 0. The molecule has 0 saturated carbocycles. The van der Waals surface area contributed by atoms with Gasteiger partial charge in [-0.25, -0.2) is 13.5 Å². The molecule has 0 amide bonds. The highest BCUT2D eigenvalue weighted by molar-refractivity contribution is 5.11. The molecule has 1 aromatic heterocycles. The number of nitrogens with zero attached hydrogens (tertiary/aromatic N) is 3. The van der Waals surface area contributed by atoms with E-state index in [1.807, 2.05) is 0 Å². The molecule has 0 saturated heterocycles. The van der Waals surface area contributed by atoms with Gasteiger partial charge < -0.3 is 10.8 Å². The molecule has 3 N–H and O–H groups in total. The highest BCUT2D eigenvalue weighted by Gasteiger charge is 2.20. The fraction of sp³-hybridized carbons (Fsp3) is 0.714. The molecule has 1 aromatic rings. The minimum atomic E-state index is -2.64. The maximum absolute atomic E-state index is 12.5. The number of hydrogen-bond acceptors (Lipinski definition) is 4. The van der Waals surface area contributed by atoms with Crippen LogP contribution >= 0.6 is 0 Å². The summed E-state index contributed by atoms with van der Waals surface area (Å²) in [5.41, 5.74) is 5.09. The van der Waals surface area contributed by atoms with E-state index in [0.29, 0.717) is 6.42 Å². The molecule has 1 rings (SSSR count). The Labute approximate surface area is 79.5 Å². The number of aliphatic hydroxyl groups is 1. The summed E-state index contributed by atoms with van der Waals surface area (Å²) in [5.74, 6) is 0. The third kappa shape index (κ3) is 2.24. The van der Waals surface area contributed by atoms with Crippen molar-refractivity contribution in [3.63, 3.8) is 0 Å². The zero-order chi connectivity index (χ0) is 10.6. The SMILES string of the molecule is NCc1nnn(CCCO)c1C(F)F. The number of aryl methyl sites for hydroxylation is 1. The predicted molar refractivity (Wildman–Crippen MR) is 44.6 cm³/mol. The van der Waals surface area contributed by atoms with E-state index in [9.17, 15) is 8.78 Å². The quantitative estimate of drug-likeness (QED) is 0.714. The Morgan fingerprint density at radius 1 is 1.50 bits per heavy atom. The molecule has 0 aromatic carbocycles. The van der Waals surface area contributed by atoms with Crippen molar-refractivity contribution in [2.24, 2.45) is 5.73 Å². The summed E-state index contributed by atoms with van der Waals surface area (Å²) >= 11 is 0. The lowest BCUT2D eigenvalue weighted by molar-refractivity contribution is 0.136. The van der Waals surface area contributed by atoms with Crippen molar-refractivity contribution in [2.45, 2.75) is 25.9 Å². The van der Waals surface area contributed by atoms with Gasteiger partial charge in [-0.2, -0.15) is 0 Å². The highest BCUT2D eigenvalue weighted by Crippen LogP contribution is 2.21. The Bertz CT molecular complexity index is 289. The first-order chi connectivity index (χ1) is 6.70. The van der Waals surface area contributed by atoms with Crippen LogP contribution < -0.4 is 5.73 Å². The Morgan fingerprint density at radius 2 is 2.21 bits per heavy atom. The molecule has 0 aliphatic rings. The fourth-order valence-electron chi connectivity index (χ4n) is 1.13. The molecule has 14 heavy (non-hydrogen) atoms. The van der Waals surface area contributed by atoms with Crippen molar-refractivity contribution >= 4 is 0 Å². The molecular formula is C7H12F2N4O. The first-order valence-electron chi connectivity index (χ1n) is 4.22. The van der Waals surface area contributed by atoms with Crippen LogP contribution in [-0.4, -0.2) is 26.7 Å². The molecule has 0 fully saturated rings. The minimum absolute atomic E-state index is 0.0567. The molecular weight excluding hydrogens is 194 g/mol. The Hall–Kier alpha value is -1.08. The van der Waals surface area contributed by atoms with Gasteiger partial charge in [-0.15, -0.1) is 5.10 Å². The normalized spacial score (nSPS) is 11.2. The number of halogens is 2. The second-order valence-corrected chi connectivity index (χ2v) is 2.73. The average Bonchev–Trinajstić information content (AvgIpc) is 2.57. The number of alkyl halides is 2. The summed E-state index contributed by atoms with van der Waals surface area (Å²) in [6, 6.07) is 0. The van der Waals surface area contributed by atoms with Crippen molar-refractivity contribution in [2.75, 3.05) is 6.61 Å². The molecule has 0 radical (unpaired) electrons. The average molecular weight is 206 g/mol. The second-order valence-electron chi connectivity index (χ2n) is 2.73. The number of hydrogen-bond donors (Lipinski definition) is 2. The van der Waals surface area contributed by atoms with Gasteiger partial charge in [0, 0.05) is 19.7 Å². The molecule has 0 aliphatic carbocycles. The summed E-state index contributed by atoms with van der Waals surface area (Å²) in [7, 11) is 0. The Morgan fingerprint density at radius 3 is 2.71 bits per heavy atom. The first-order valence-corrected chi connectivity index (χ1v) is 4.22. The predicted octanol–water partition coefficient (Wildman–Crippen LogP) is 0.0568. The van der Waals surface area contributed by atoms with E-state index in [0.717, 1.165) is 4.68 Å². The summed E-state index contributed by atoms with van der Waals surface area (Å²) in [6.45, 7) is 0.0997. The van der Waals surface area contributed by atoms with E-state index in [1.54, 1.807) is 0 Å². The molecule has 80 valence electrons. The van der Waals surface area contributed by atoms with E-state index in [4.69, 9.17) is 10.8 Å². The van der Waals surface area contributed by atoms with Gasteiger partial charge in [0.15, 0.2) is 0 Å². The number of aliphatic hydroxyl groups excluding tert-OH is 1. The lowest BCUT2D eigenvalue weighted by Crippen LogP contribution is -2.09. The van der Waals surface area contributed by atoms with E-state index in [1.165, 1.54) is 0 Å². The third-order valence-electron chi connectivity index (χ3n) is 1.78. The van der Waals surface area contributed by atoms with Gasteiger partial charge in [-0.3, -0.25) is 0 Å². The van der Waals surface area contributed by atoms with Crippen LogP contribution in [0.5, 0.6) is 0 Å². The standard InChI is InChI=1S/C7H12F2N4O/c8-7(9)6-5(4-10)11-12-13(6)2-1-3-14/h7,14H,1-4,10H2. The van der Waals surface area contributed by atoms with Crippen LogP contribution in [0.2, 0.25) is 0 Å². The van der Waals surface area contributed by atoms with Gasteiger partial charge in [0.25, 0.3) is 6.43 Å². The summed E-state index contributed by atoms with van der Waals surface area (Å²) in [6.07, 6.45) is -2.27. The van der Waals surface area contributed by atoms with Gasteiger partial charge >= 0.3 is 0 Å². The van der Waals surface area contributed by atoms with Gasteiger partial charge in [0.1, 0.15) is 11.4 Å². The van der Waals surface area contributed by atoms with Crippen LogP contribution in [0.1, 0.15) is 24.2 Å². The van der Waals surface area contributed by atoms with Crippen LogP contribution in [0.4, 0.5) is 8.78 Å². The third-order valence-corrected chi connectivity index (χ3v) is 1.78. The highest BCUT2D eigenvalue weighted by atomic mass is 19.3. The van der Waals surface area contributed by atoms with Crippen molar-refractivity contribution in [1.82, 2.24) is 15.0 Å². The van der Waals surface area contributed by atoms with Crippen LogP contribution in [0.25, 0.3) is 0 Å². The maximum atomic E-state index is 12.5. The van der Waals surface area contributed by atoms with Crippen LogP contribution in [0.3, 0.4) is 0 Å². The molecule has 7 heteroatoms. The topological polar surface area (TPSA) is 77.0 Å². The second kappa shape index (κ2) is 4.97. The zero-order valence-corrected chi connectivity index (χ0v) is 7.53. The summed E-state index contributed by atoms with van der Waals surface area (Å²) < 4.78 is 26.1. The van der Waals surface area contributed by atoms with E-state index >= 15 is 0 Å². The minimum Gasteiger partial charge on any atom is -0.396 e. The molecule has 0 spiro atoms. The van der Waals surface area contributed by atoms with Gasteiger partial charge in [0.2, 0.25) is 0 Å². The number of aromatic nitrogens is 3. The van der Waals surface area contributed by atoms with Gasteiger partial charge in [-0.05, 0) is 6.42 Å². The molecule has 5 nitrogen and oxygen atoms in total. The zero-order valence-electron chi connectivity index (χ0n) is 7.53. The van der Waals surface area contributed by atoms with Gasteiger partial charge in [-0.1, -0.05) is 5.21 Å². The lowest BCUT2D eigenvalue weighted by atomic mass is 10.3. The van der Waals surface area contributed by atoms with E-state index < -0.39 is 6.43 Å². The van der Waals surface area contributed by atoms with Crippen molar-refractivity contribution in [3.05, 3.63) is 11.4 Å². The molecule has 0 bridgehead atoms. The van der Waals surface area contributed by atoms with Crippen molar-refractivity contribution in [3.8, 4) is 0 Å². The summed E-state index contributed by atoms with van der Waals surface area (Å²) in [5, 5.41) is 15.6. The Balaban J connectivity index is 2.87. The molecule has 1 heterocycles. The largest absolute Gasteiger partial charge is 0.396 e. The van der Waals surface area contributed by atoms with Crippen LogP contribution in [-0.2, 0) is 13.1 Å². The van der Waals surface area contributed by atoms with Crippen molar-refractivity contribution < 1.29 is 13.9 Å². The van der Waals surface area contributed by atoms with Crippen LogP contribution in [0, 0.1) is 0 Å². The number of nitrogens with two attached hydrogens (primary N) is 1. The van der Waals surface area contributed by atoms with Crippen LogP contribution in [0.15, 0.2) is 0 Å². The smallest absolute Gasteiger partial charge is 0.281 e. The first kappa shape index (κ1) is 11.0. The van der Waals surface area contributed by atoms with E-state index in [2.05, 4.69) is 10.3 Å².